The van der Waals surface area contributed by atoms with Crippen molar-refractivity contribution in [2.75, 3.05) is 26.9 Å². The average molecular weight is 427 g/mol. The highest BCUT2D eigenvalue weighted by molar-refractivity contribution is 9.10. The summed E-state index contributed by atoms with van der Waals surface area (Å²) in [5, 5.41) is 6.28. The molecule has 2 rings (SSSR count). The van der Waals surface area contributed by atoms with Gasteiger partial charge in [-0.2, -0.15) is 0 Å². The molecular formula is C18H23BrN2O5. The van der Waals surface area contributed by atoms with Crippen molar-refractivity contribution in [3.63, 3.8) is 0 Å². The van der Waals surface area contributed by atoms with Gasteiger partial charge in [-0.15, -0.1) is 0 Å². The van der Waals surface area contributed by atoms with Crippen LogP contribution in [0.5, 0.6) is 5.75 Å². The molecule has 0 aliphatic carbocycles. The van der Waals surface area contributed by atoms with Gasteiger partial charge in [-0.1, -0.05) is 0 Å². The minimum atomic E-state index is -0.298. The van der Waals surface area contributed by atoms with Gasteiger partial charge in [0.05, 0.1) is 12.0 Å². The van der Waals surface area contributed by atoms with Crippen LogP contribution in [0, 0.1) is 0 Å². The molecule has 2 amide bonds. The summed E-state index contributed by atoms with van der Waals surface area (Å²) in [6.45, 7) is 4.81. The summed E-state index contributed by atoms with van der Waals surface area (Å²) >= 11 is 3.29. The number of carbonyl (C=O) groups excluding carboxylic acids is 2. The molecule has 0 aliphatic heterocycles. The molecule has 0 unspecified atom stereocenters. The van der Waals surface area contributed by atoms with Gasteiger partial charge in [-0.05, 0) is 41.9 Å². The molecular weight excluding hydrogens is 404 g/mol. The van der Waals surface area contributed by atoms with Crippen molar-refractivity contribution in [2.24, 2.45) is 0 Å². The first kappa shape index (κ1) is 20.3. The number of methoxy groups -OCH3 is 1. The van der Waals surface area contributed by atoms with E-state index in [1.807, 2.05) is 13.8 Å². The highest BCUT2D eigenvalue weighted by Gasteiger charge is 2.15. The van der Waals surface area contributed by atoms with Crippen LogP contribution in [0.2, 0.25) is 0 Å². The second-order valence-electron chi connectivity index (χ2n) is 6.01. The number of amides is 2. The Morgan fingerprint density at radius 2 is 2.00 bits per heavy atom. The smallest absolute Gasteiger partial charge is 0.251 e. The summed E-state index contributed by atoms with van der Waals surface area (Å²) < 4.78 is 16.8. The van der Waals surface area contributed by atoms with E-state index in [1.54, 1.807) is 25.3 Å². The SMILES string of the molecule is COCCOc1cc(C(=O)NCCC(=O)NC(C)C)cc2oc(Br)cc12. The van der Waals surface area contributed by atoms with Crippen LogP contribution >= 0.6 is 15.9 Å². The quantitative estimate of drug-likeness (QED) is 0.601. The highest BCUT2D eigenvalue weighted by Crippen LogP contribution is 2.32. The third kappa shape index (κ3) is 5.74. The molecule has 0 aliphatic rings. The zero-order chi connectivity index (χ0) is 19.1. The molecule has 0 radical (unpaired) electrons. The summed E-state index contributed by atoms with van der Waals surface area (Å²) in [5.41, 5.74) is 0.936. The number of furan rings is 1. The highest BCUT2D eigenvalue weighted by atomic mass is 79.9. The van der Waals surface area contributed by atoms with Crippen molar-refractivity contribution in [1.29, 1.82) is 0 Å². The fraction of sp³-hybridized carbons (Fsp3) is 0.444. The predicted octanol–water partition coefficient (Wildman–Crippen LogP) is 2.87. The predicted molar refractivity (Wildman–Crippen MR) is 102 cm³/mol. The van der Waals surface area contributed by atoms with Crippen LogP contribution in [0.1, 0.15) is 30.6 Å². The van der Waals surface area contributed by atoms with E-state index in [4.69, 9.17) is 13.9 Å². The number of halogens is 1. The molecule has 1 heterocycles. The van der Waals surface area contributed by atoms with E-state index in [0.717, 1.165) is 5.39 Å². The van der Waals surface area contributed by atoms with Gasteiger partial charge in [-0.25, -0.2) is 0 Å². The number of ether oxygens (including phenoxy) is 2. The third-order valence-electron chi connectivity index (χ3n) is 3.46. The molecule has 8 heteroatoms. The van der Waals surface area contributed by atoms with Gasteiger partial charge in [0.2, 0.25) is 5.91 Å². The molecule has 0 saturated heterocycles. The molecule has 2 aromatic rings. The van der Waals surface area contributed by atoms with Crippen LogP contribution in [0.15, 0.2) is 27.3 Å². The van der Waals surface area contributed by atoms with Gasteiger partial charge >= 0.3 is 0 Å². The number of benzene rings is 1. The van der Waals surface area contributed by atoms with Gasteiger partial charge in [0.25, 0.3) is 5.91 Å². The fourth-order valence-corrected chi connectivity index (χ4v) is 2.75. The lowest BCUT2D eigenvalue weighted by molar-refractivity contribution is -0.121. The molecule has 2 N–H and O–H groups in total. The lowest BCUT2D eigenvalue weighted by Crippen LogP contribution is -2.34. The molecule has 0 bridgehead atoms. The Hall–Kier alpha value is -2.06. The van der Waals surface area contributed by atoms with Crippen LogP contribution < -0.4 is 15.4 Å². The monoisotopic (exact) mass is 426 g/mol. The van der Waals surface area contributed by atoms with Crippen molar-refractivity contribution in [3.05, 3.63) is 28.4 Å². The van der Waals surface area contributed by atoms with Crippen molar-refractivity contribution < 1.29 is 23.5 Å². The Morgan fingerprint density at radius 3 is 2.69 bits per heavy atom. The maximum absolute atomic E-state index is 12.4. The van der Waals surface area contributed by atoms with Crippen LogP contribution in [0.4, 0.5) is 0 Å². The lowest BCUT2D eigenvalue weighted by Gasteiger charge is -2.11. The molecule has 1 aromatic carbocycles. The van der Waals surface area contributed by atoms with Gasteiger partial charge < -0.3 is 24.5 Å². The van der Waals surface area contributed by atoms with Crippen molar-refractivity contribution in [2.45, 2.75) is 26.3 Å². The molecule has 142 valence electrons. The first-order valence-electron chi connectivity index (χ1n) is 8.33. The summed E-state index contributed by atoms with van der Waals surface area (Å²) in [5.74, 6) is 0.138. The fourth-order valence-electron chi connectivity index (χ4n) is 2.35. The third-order valence-corrected chi connectivity index (χ3v) is 3.85. The topological polar surface area (TPSA) is 89.8 Å². The summed E-state index contributed by atoms with van der Waals surface area (Å²) in [4.78, 5) is 24.0. The van der Waals surface area contributed by atoms with E-state index in [-0.39, 0.29) is 30.8 Å². The summed E-state index contributed by atoms with van der Waals surface area (Å²) in [6, 6.07) is 5.16. The van der Waals surface area contributed by atoms with Crippen molar-refractivity contribution in [1.82, 2.24) is 10.6 Å². The average Bonchev–Trinajstić information content (AvgIpc) is 2.94. The Kier molecular flexibility index (Phi) is 7.47. The summed E-state index contributed by atoms with van der Waals surface area (Å²) in [6.07, 6.45) is 0.218. The molecule has 1 aromatic heterocycles. The lowest BCUT2D eigenvalue weighted by atomic mass is 10.1. The molecule has 0 saturated carbocycles. The van der Waals surface area contributed by atoms with Crippen LogP contribution in [-0.4, -0.2) is 44.7 Å². The van der Waals surface area contributed by atoms with E-state index in [9.17, 15) is 9.59 Å². The van der Waals surface area contributed by atoms with Crippen LogP contribution in [-0.2, 0) is 9.53 Å². The number of hydrogen-bond acceptors (Lipinski definition) is 5. The van der Waals surface area contributed by atoms with Crippen molar-refractivity contribution in [3.8, 4) is 5.75 Å². The van der Waals surface area contributed by atoms with E-state index in [0.29, 0.717) is 34.8 Å². The van der Waals surface area contributed by atoms with Crippen LogP contribution in [0.25, 0.3) is 11.0 Å². The number of fused-ring (bicyclic) bond motifs is 1. The van der Waals surface area contributed by atoms with Crippen LogP contribution in [0.3, 0.4) is 0 Å². The standard InChI is InChI=1S/C18H23BrN2O5/c1-11(2)21-17(22)4-5-20-18(23)12-8-14(25-7-6-24-3)13-10-16(19)26-15(13)9-12/h8-11H,4-7H2,1-3H3,(H,20,23)(H,21,22). The Bertz CT molecular complexity index is 772. The second-order valence-corrected chi connectivity index (χ2v) is 6.79. The first-order valence-corrected chi connectivity index (χ1v) is 9.12. The second kappa shape index (κ2) is 9.59. The largest absolute Gasteiger partial charge is 0.490 e. The van der Waals surface area contributed by atoms with E-state index < -0.39 is 0 Å². The van der Waals surface area contributed by atoms with E-state index in [1.165, 1.54) is 0 Å². The zero-order valence-electron chi connectivity index (χ0n) is 15.1. The molecule has 7 nitrogen and oxygen atoms in total. The Balaban J connectivity index is 2.07. The maximum atomic E-state index is 12.4. The zero-order valence-corrected chi connectivity index (χ0v) is 16.6. The van der Waals surface area contributed by atoms with Gasteiger partial charge in [0.1, 0.15) is 17.9 Å². The van der Waals surface area contributed by atoms with E-state index >= 15 is 0 Å². The molecule has 26 heavy (non-hydrogen) atoms. The van der Waals surface area contributed by atoms with E-state index in [2.05, 4.69) is 26.6 Å². The van der Waals surface area contributed by atoms with Gasteiger partial charge in [-0.3, -0.25) is 9.59 Å². The summed E-state index contributed by atoms with van der Waals surface area (Å²) in [7, 11) is 1.59. The number of carbonyl (C=O) groups is 2. The number of nitrogens with one attached hydrogen (secondary N) is 2. The van der Waals surface area contributed by atoms with Gasteiger partial charge in [0, 0.05) is 37.7 Å². The Morgan fingerprint density at radius 1 is 1.23 bits per heavy atom. The Labute approximate surface area is 160 Å². The van der Waals surface area contributed by atoms with Crippen molar-refractivity contribution >= 4 is 38.7 Å². The molecule has 0 fully saturated rings. The normalized spacial score (nSPS) is 11.0. The minimum absolute atomic E-state index is 0.0739. The number of rotatable bonds is 9. The molecule has 0 spiro atoms. The van der Waals surface area contributed by atoms with Gasteiger partial charge in [0.15, 0.2) is 4.67 Å². The molecule has 0 atom stereocenters. The number of hydrogen-bond donors (Lipinski definition) is 2. The minimum Gasteiger partial charge on any atom is -0.490 e. The first-order chi connectivity index (χ1) is 12.4. The maximum Gasteiger partial charge on any atom is 0.251 e.